The lowest BCUT2D eigenvalue weighted by atomic mass is 10.2. The highest BCUT2D eigenvalue weighted by molar-refractivity contribution is 9.10. The third kappa shape index (κ3) is 6.45. The van der Waals surface area contributed by atoms with Crippen molar-refractivity contribution in [3.8, 4) is 17.2 Å². The van der Waals surface area contributed by atoms with E-state index in [2.05, 4.69) is 33.7 Å². The number of hydrogen-bond acceptors (Lipinski definition) is 5. The molecule has 0 bridgehead atoms. The van der Waals surface area contributed by atoms with E-state index < -0.39 is 11.8 Å². The maximum atomic E-state index is 11.8. The van der Waals surface area contributed by atoms with E-state index in [1.54, 1.807) is 18.2 Å². The van der Waals surface area contributed by atoms with E-state index in [4.69, 9.17) is 14.2 Å². The molecule has 0 aliphatic rings. The van der Waals surface area contributed by atoms with E-state index in [1.807, 2.05) is 25.1 Å². The normalized spacial score (nSPS) is 10.1. The highest BCUT2D eigenvalue weighted by atomic mass is 79.9. The van der Waals surface area contributed by atoms with Gasteiger partial charge in [0.15, 0.2) is 24.7 Å². The van der Waals surface area contributed by atoms with Crippen LogP contribution in [-0.2, 0) is 16.0 Å². The lowest BCUT2D eigenvalue weighted by Crippen LogP contribution is -2.45. The maximum Gasteiger partial charge on any atom is 0.276 e. The summed E-state index contributed by atoms with van der Waals surface area (Å²) in [4.78, 5) is 23.7. The Morgan fingerprint density at radius 2 is 1.54 bits per heavy atom. The molecule has 2 N–H and O–H groups in total. The molecule has 0 saturated heterocycles. The molecular weight excluding hydrogens is 428 g/mol. The lowest BCUT2D eigenvalue weighted by molar-refractivity contribution is -0.131. The predicted molar refractivity (Wildman–Crippen MR) is 109 cm³/mol. The smallest absolute Gasteiger partial charge is 0.276 e. The second kappa shape index (κ2) is 10.6. The summed E-state index contributed by atoms with van der Waals surface area (Å²) in [7, 11) is 1.52. The summed E-state index contributed by atoms with van der Waals surface area (Å²) in [5.41, 5.74) is 6.72. The number of amides is 2. The van der Waals surface area contributed by atoms with E-state index in [0.29, 0.717) is 17.2 Å². The topological polar surface area (TPSA) is 85.9 Å². The summed E-state index contributed by atoms with van der Waals surface area (Å²) in [6.45, 7) is 3.46. The van der Waals surface area contributed by atoms with E-state index in [9.17, 15) is 9.59 Å². The molecule has 8 heteroatoms. The van der Waals surface area contributed by atoms with E-state index in [-0.39, 0.29) is 13.2 Å². The Balaban J connectivity index is 1.74. The highest BCUT2D eigenvalue weighted by Gasteiger charge is 2.10. The molecule has 0 heterocycles. The first-order chi connectivity index (χ1) is 13.4. The fraction of sp³-hybridized carbons (Fsp3) is 0.300. The van der Waals surface area contributed by atoms with Crippen molar-refractivity contribution in [2.24, 2.45) is 0 Å². The average molecular weight is 451 g/mol. The molecule has 28 heavy (non-hydrogen) atoms. The number of rotatable bonds is 8. The summed E-state index contributed by atoms with van der Waals surface area (Å²) in [5.74, 6) is 0.522. The molecule has 2 rings (SSSR count). The predicted octanol–water partition coefficient (Wildman–Crippen LogP) is 2.93. The quantitative estimate of drug-likeness (QED) is 0.603. The molecule has 150 valence electrons. The molecule has 2 amide bonds. The van der Waals surface area contributed by atoms with Crippen LogP contribution >= 0.6 is 15.9 Å². The number of halogens is 1. The van der Waals surface area contributed by atoms with Crippen LogP contribution in [0, 0.1) is 6.92 Å². The van der Waals surface area contributed by atoms with Crippen molar-refractivity contribution in [1.82, 2.24) is 10.9 Å². The zero-order chi connectivity index (χ0) is 20.5. The van der Waals surface area contributed by atoms with E-state index in [1.165, 1.54) is 7.11 Å². The van der Waals surface area contributed by atoms with Crippen LogP contribution in [0.3, 0.4) is 0 Å². The first-order valence-corrected chi connectivity index (χ1v) is 9.48. The van der Waals surface area contributed by atoms with Gasteiger partial charge < -0.3 is 14.2 Å². The van der Waals surface area contributed by atoms with Gasteiger partial charge in [-0.25, -0.2) is 0 Å². The fourth-order valence-electron chi connectivity index (χ4n) is 2.27. The summed E-state index contributed by atoms with van der Waals surface area (Å²) < 4.78 is 16.8. The second-order valence-corrected chi connectivity index (χ2v) is 6.80. The molecule has 0 aromatic heterocycles. The molecule has 0 fully saturated rings. The summed E-state index contributed by atoms with van der Waals surface area (Å²) in [6, 6.07) is 11.0. The molecular formula is C20H23BrN2O5. The molecule has 2 aromatic rings. The molecule has 0 atom stereocenters. The van der Waals surface area contributed by atoms with Gasteiger partial charge in [-0.3, -0.25) is 20.4 Å². The van der Waals surface area contributed by atoms with E-state index in [0.717, 1.165) is 22.0 Å². The minimum atomic E-state index is -0.510. The number of benzene rings is 2. The Morgan fingerprint density at radius 3 is 2.11 bits per heavy atom. The molecule has 0 aliphatic heterocycles. The molecule has 2 aromatic carbocycles. The zero-order valence-corrected chi connectivity index (χ0v) is 17.6. The van der Waals surface area contributed by atoms with Crippen LogP contribution in [0.2, 0.25) is 0 Å². The maximum absolute atomic E-state index is 11.8. The van der Waals surface area contributed by atoms with Gasteiger partial charge in [0.05, 0.1) is 11.6 Å². The molecule has 7 nitrogen and oxygen atoms in total. The SMILES string of the molecule is CCc1ccc(OCC(=O)NNC(=O)COc2ccc(C)cc2OC)c(Br)c1. The Labute approximate surface area is 172 Å². The van der Waals surface area contributed by atoms with Gasteiger partial charge in [0.1, 0.15) is 5.75 Å². The van der Waals surface area contributed by atoms with Gasteiger partial charge in [-0.05, 0) is 64.7 Å². The van der Waals surface area contributed by atoms with Crippen LogP contribution in [0.1, 0.15) is 18.1 Å². The number of carbonyl (C=O) groups is 2. The Bertz CT molecular complexity index is 841. The molecule has 0 spiro atoms. The standard InChI is InChI=1S/C20H23BrN2O5/c1-4-14-6-8-16(15(21)10-14)27-11-19(24)22-23-20(25)12-28-17-7-5-13(2)9-18(17)26-3/h5-10H,4,11-12H2,1-3H3,(H,22,24)(H,23,25). The minimum Gasteiger partial charge on any atom is -0.493 e. The van der Waals surface area contributed by atoms with Crippen molar-refractivity contribution >= 4 is 27.7 Å². The van der Waals surface area contributed by atoms with Gasteiger partial charge in [0.25, 0.3) is 11.8 Å². The molecule has 0 saturated carbocycles. The first-order valence-electron chi connectivity index (χ1n) is 8.69. The van der Waals surface area contributed by atoms with Crippen LogP contribution < -0.4 is 25.1 Å². The van der Waals surface area contributed by atoms with Crippen molar-refractivity contribution < 1.29 is 23.8 Å². The number of ether oxygens (including phenoxy) is 3. The van der Waals surface area contributed by atoms with Gasteiger partial charge in [0.2, 0.25) is 0 Å². The third-order valence-corrected chi connectivity index (χ3v) is 4.40. The second-order valence-electron chi connectivity index (χ2n) is 5.95. The van der Waals surface area contributed by atoms with Crippen LogP contribution in [0.4, 0.5) is 0 Å². The molecule has 0 radical (unpaired) electrons. The van der Waals surface area contributed by atoms with Crippen molar-refractivity contribution in [3.63, 3.8) is 0 Å². The van der Waals surface area contributed by atoms with Crippen molar-refractivity contribution in [1.29, 1.82) is 0 Å². The van der Waals surface area contributed by atoms with Crippen LogP contribution in [0.5, 0.6) is 17.2 Å². The third-order valence-electron chi connectivity index (χ3n) is 3.78. The van der Waals surface area contributed by atoms with Gasteiger partial charge in [-0.2, -0.15) is 0 Å². The van der Waals surface area contributed by atoms with Crippen LogP contribution in [-0.4, -0.2) is 32.1 Å². The van der Waals surface area contributed by atoms with Gasteiger partial charge >= 0.3 is 0 Å². The monoisotopic (exact) mass is 450 g/mol. The largest absolute Gasteiger partial charge is 0.493 e. The van der Waals surface area contributed by atoms with Crippen molar-refractivity contribution in [2.45, 2.75) is 20.3 Å². The number of hydrazine groups is 1. The summed E-state index contributed by atoms with van der Waals surface area (Å²) >= 11 is 3.41. The number of carbonyl (C=O) groups excluding carboxylic acids is 2. The highest BCUT2D eigenvalue weighted by Crippen LogP contribution is 2.27. The van der Waals surface area contributed by atoms with Gasteiger partial charge in [-0.15, -0.1) is 0 Å². The number of nitrogens with one attached hydrogen (secondary N) is 2. The summed E-state index contributed by atoms with van der Waals surface area (Å²) in [6.07, 6.45) is 0.905. The van der Waals surface area contributed by atoms with Crippen LogP contribution in [0.25, 0.3) is 0 Å². The first kappa shape index (κ1) is 21.6. The van der Waals surface area contributed by atoms with E-state index >= 15 is 0 Å². The van der Waals surface area contributed by atoms with Crippen molar-refractivity contribution in [2.75, 3.05) is 20.3 Å². The Morgan fingerprint density at radius 1 is 0.929 bits per heavy atom. The van der Waals surface area contributed by atoms with Crippen molar-refractivity contribution in [3.05, 3.63) is 52.0 Å². The van der Waals surface area contributed by atoms with Gasteiger partial charge in [0, 0.05) is 0 Å². The Hall–Kier alpha value is -2.74. The number of methoxy groups -OCH3 is 1. The fourth-order valence-corrected chi connectivity index (χ4v) is 2.81. The average Bonchev–Trinajstić information content (AvgIpc) is 2.70. The zero-order valence-electron chi connectivity index (χ0n) is 16.0. The van der Waals surface area contributed by atoms with Gasteiger partial charge in [-0.1, -0.05) is 19.1 Å². The number of hydrogen-bond donors (Lipinski definition) is 2. The summed E-state index contributed by atoms with van der Waals surface area (Å²) in [5, 5.41) is 0. The minimum absolute atomic E-state index is 0.239. The van der Waals surface area contributed by atoms with Crippen LogP contribution in [0.15, 0.2) is 40.9 Å². The lowest BCUT2D eigenvalue weighted by Gasteiger charge is -2.12. The Kier molecular flexibility index (Phi) is 8.13. The molecule has 0 unspecified atom stereocenters. The molecule has 0 aliphatic carbocycles. The number of aryl methyl sites for hydroxylation is 2.